The standard InChI is InChI=1S/C14H25NS2/c1-9-6-13(15)4-2-3-10-5-11(16)8-14(17,7-9)12(10)13/h9-12,16-17H,2-8,15H2,1H3/t9?,10-,11?,12?,13?,14?/m1/s1. The van der Waals surface area contributed by atoms with Crippen LogP contribution in [0.4, 0.5) is 0 Å². The minimum atomic E-state index is 0.0796. The second-order valence-corrected chi connectivity index (χ2v) is 8.69. The van der Waals surface area contributed by atoms with Gasteiger partial charge < -0.3 is 5.73 Å². The van der Waals surface area contributed by atoms with Crippen molar-refractivity contribution in [2.75, 3.05) is 0 Å². The number of rotatable bonds is 0. The summed E-state index contributed by atoms with van der Waals surface area (Å²) < 4.78 is 0.169. The van der Waals surface area contributed by atoms with Crippen molar-refractivity contribution in [3.63, 3.8) is 0 Å². The number of hydrogen-bond donors (Lipinski definition) is 3. The molecule has 3 fully saturated rings. The molecular formula is C14H25NS2. The third-order valence-corrected chi connectivity index (χ3v) is 6.52. The molecule has 0 saturated heterocycles. The molecule has 0 aromatic rings. The molecule has 0 spiro atoms. The molecular weight excluding hydrogens is 246 g/mol. The van der Waals surface area contributed by atoms with Crippen LogP contribution in [-0.2, 0) is 0 Å². The first-order chi connectivity index (χ1) is 7.93. The summed E-state index contributed by atoms with van der Waals surface area (Å²) in [7, 11) is 0. The molecule has 0 bridgehead atoms. The van der Waals surface area contributed by atoms with Gasteiger partial charge in [0.1, 0.15) is 0 Å². The summed E-state index contributed by atoms with van der Waals surface area (Å²) in [5.74, 6) is 2.16. The normalized spacial score (nSPS) is 58.6. The van der Waals surface area contributed by atoms with E-state index in [4.69, 9.17) is 31.0 Å². The predicted octanol–water partition coefficient (Wildman–Crippen LogP) is 3.29. The van der Waals surface area contributed by atoms with Crippen LogP contribution >= 0.6 is 25.3 Å². The van der Waals surface area contributed by atoms with Gasteiger partial charge in [0.2, 0.25) is 0 Å². The van der Waals surface area contributed by atoms with Gasteiger partial charge in [-0.15, -0.1) is 0 Å². The lowest BCUT2D eigenvalue weighted by molar-refractivity contribution is -0.00551. The number of nitrogens with two attached hydrogens (primary N) is 1. The Morgan fingerprint density at radius 3 is 2.76 bits per heavy atom. The first kappa shape index (κ1) is 12.7. The maximum Gasteiger partial charge on any atom is 0.0201 e. The fraction of sp³-hybridized carbons (Fsp3) is 1.00. The van der Waals surface area contributed by atoms with Gasteiger partial charge in [0.25, 0.3) is 0 Å². The van der Waals surface area contributed by atoms with Crippen LogP contribution in [0.15, 0.2) is 0 Å². The second-order valence-electron chi connectivity index (χ2n) is 7.07. The largest absolute Gasteiger partial charge is 0.325 e. The maximum absolute atomic E-state index is 6.80. The minimum Gasteiger partial charge on any atom is -0.325 e. The molecule has 0 aromatic carbocycles. The van der Waals surface area contributed by atoms with E-state index < -0.39 is 0 Å². The Morgan fingerprint density at radius 2 is 2.00 bits per heavy atom. The molecule has 3 saturated carbocycles. The summed E-state index contributed by atoms with van der Waals surface area (Å²) in [6.07, 6.45) is 8.78. The Kier molecular flexibility index (Phi) is 3.04. The number of thiol groups is 2. The molecule has 3 aliphatic carbocycles. The molecule has 0 amide bonds. The van der Waals surface area contributed by atoms with Crippen LogP contribution in [0.3, 0.4) is 0 Å². The van der Waals surface area contributed by atoms with E-state index in [0.29, 0.717) is 11.2 Å². The molecule has 0 radical (unpaired) electrons. The second kappa shape index (κ2) is 4.08. The van der Waals surface area contributed by atoms with Gasteiger partial charge in [-0.3, -0.25) is 0 Å². The van der Waals surface area contributed by atoms with Crippen molar-refractivity contribution in [2.24, 2.45) is 23.5 Å². The van der Waals surface area contributed by atoms with E-state index in [-0.39, 0.29) is 10.3 Å². The van der Waals surface area contributed by atoms with Crippen LogP contribution in [0.2, 0.25) is 0 Å². The highest BCUT2D eigenvalue weighted by Gasteiger charge is 2.58. The first-order valence-electron chi connectivity index (χ1n) is 7.12. The van der Waals surface area contributed by atoms with Crippen molar-refractivity contribution in [1.29, 1.82) is 0 Å². The lowest BCUT2D eigenvalue weighted by Crippen LogP contribution is -2.66. The summed E-state index contributed by atoms with van der Waals surface area (Å²) in [5, 5.41) is 0.543. The SMILES string of the molecule is CC1CC2(N)CCC[C@@H]3CC(S)CC(S)(C1)C32. The Bertz CT molecular complexity index is 317. The smallest absolute Gasteiger partial charge is 0.0201 e. The monoisotopic (exact) mass is 271 g/mol. The fourth-order valence-corrected chi connectivity index (χ4v) is 7.18. The van der Waals surface area contributed by atoms with Crippen molar-refractivity contribution in [1.82, 2.24) is 0 Å². The van der Waals surface area contributed by atoms with Gasteiger partial charge in [0.15, 0.2) is 0 Å². The van der Waals surface area contributed by atoms with E-state index in [1.165, 1.54) is 38.5 Å². The summed E-state index contributed by atoms with van der Waals surface area (Å²) in [5.41, 5.74) is 6.88. The van der Waals surface area contributed by atoms with E-state index in [0.717, 1.165) is 18.3 Å². The molecule has 3 rings (SSSR count). The van der Waals surface area contributed by atoms with E-state index in [2.05, 4.69) is 6.92 Å². The first-order valence-corrected chi connectivity index (χ1v) is 8.09. The van der Waals surface area contributed by atoms with Crippen LogP contribution in [0.5, 0.6) is 0 Å². The lowest BCUT2D eigenvalue weighted by Gasteiger charge is -2.62. The van der Waals surface area contributed by atoms with Gasteiger partial charge in [-0.05, 0) is 56.3 Å². The molecule has 3 heteroatoms. The van der Waals surface area contributed by atoms with Gasteiger partial charge in [-0.1, -0.05) is 13.3 Å². The zero-order chi connectivity index (χ0) is 12.3. The van der Waals surface area contributed by atoms with Crippen LogP contribution in [0.1, 0.15) is 51.9 Å². The van der Waals surface area contributed by atoms with Crippen molar-refractivity contribution in [3.8, 4) is 0 Å². The van der Waals surface area contributed by atoms with Crippen LogP contribution in [0.25, 0.3) is 0 Å². The molecule has 3 aliphatic rings. The van der Waals surface area contributed by atoms with E-state index >= 15 is 0 Å². The average molecular weight is 271 g/mol. The quantitative estimate of drug-likeness (QED) is 0.579. The molecule has 98 valence electrons. The molecule has 1 nitrogen and oxygen atoms in total. The minimum absolute atomic E-state index is 0.0796. The molecule has 5 unspecified atom stereocenters. The van der Waals surface area contributed by atoms with Gasteiger partial charge in [0.05, 0.1) is 0 Å². The highest BCUT2D eigenvalue weighted by Crippen LogP contribution is 2.59. The third-order valence-electron chi connectivity index (χ3n) is 5.48. The van der Waals surface area contributed by atoms with Crippen molar-refractivity contribution >= 4 is 25.3 Å². The predicted molar refractivity (Wildman–Crippen MR) is 79.9 cm³/mol. The van der Waals surface area contributed by atoms with Crippen molar-refractivity contribution in [3.05, 3.63) is 0 Å². The molecule has 6 atom stereocenters. The van der Waals surface area contributed by atoms with Gasteiger partial charge in [-0.25, -0.2) is 0 Å². The fourth-order valence-electron chi connectivity index (χ4n) is 5.44. The molecule has 17 heavy (non-hydrogen) atoms. The zero-order valence-corrected chi connectivity index (χ0v) is 12.5. The molecule has 0 aliphatic heterocycles. The Morgan fingerprint density at radius 1 is 1.24 bits per heavy atom. The average Bonchev–Trinajstić information content (AvgIpc) is 2.12. The van der Waals surface area contributed by atoms with E-state index in [1.807, 2.05) is 0 Å². The molecule has 0 heterocycles. The maximum atomic E-state index is 6.80. The van der Waals surface area contributed by atoms with E-state index in [1.54, 1.807) is 0 Å². The summed E-state index contributed by atoms with van der Waals surface area (Å²) in [4.78, 5) is 0. The van der Waals surface area contributed by atoms with Gasteiger partial charge >= 0.3 is 0 Å². The molecule has 0 aromatic heterocycles. The van der Waals surface area contributed by atoms with E-state index in [9.17, 15) is 0 Å². The third kappa shape index (κ3) is 1.97. The van der Waals surface area contributed by atoms with Crippen LogP contribution in [0, 0.1) is 17.8 Å². The number of hydrogen-bond acceptors (Lipinski definition) is 3. The highest BCUT2D eigenvalue weighted by atomic mass is 32.1. The lowest BCUT2D eigenvalue weighted by atomic mass is 9.51. The van der Waals surface area contributed by atoms with Gasteiger partial charge in [0, 0.05) is 15.5 Å². The summed E-state index contributed by atoms with van der Waals surface area (Å²) in [6.45, 7) is 2.36. The topological polar surface area (TPSA) is 26.0 Å². The zero-order valence-electron chi connectivity index (χ0n) is 10.7. The Labute approximate surface area is 116 Å². The van der Waals surface area contributed by atoms with Crippen molar-refractivity contribution in [2.45, 2.75) is 67.4 Å². The summed E-state index contributed by atoms with van der Waals surface area (Å²) >= 11 is 9.89. The Balaban J connectivity index is 1.98. The summed E-state index contributed by atoms with van der Waals surface area (Å²) in [6, 6.07) is 0. The Hall–Kier alpha value is 0.660. The van der Waals surface area contributed by atoms with Gasteiger partial charge in [-0.2, -0.15) is 25.3 Å². The molecule has 2 N–H and O–H groups in total. The van der Waals surface area contributed by atoms with Crippen molar-refractivity contribution < 1.29 is 0 Å². The highest BCUT2D eigenvalue weighted by molar-refractivity contribution is 7.82. The van der Waals surface area contributed by atoms with Crippen LogP contribution in [-0.4, -0.2) is 15.5 Å². The van der Waals surface area contributed by atoms with Crippen LogP contribution < -0.4 is 5.73 Å².